The monoisotopic (exact) mass is 811 g/mol. The van der Waals surface area contributed by atoms with E-state index < -0.39 is 59.8 Å². The molecule has 0 aromatic rings. The molecule has 1 rings (SSSR count). The number of aliphatic hydroxyl groups excluding tert-OH is 3. The minimum atomic E-state index is -5.05. The number of ether oxygens (including phenoxy) is 4. The third-order valence-corrected chi connectivity index (χ3v) is 10.9. The van der Waals surface area contributed by atoms with Crippen LogP contribution in [-0.4, -0.2) is 97.5 Å². The lowest BCUT2D eigenvalue weighted by Gasteiger charge is -2.41. The van der Waals surface area contributed by atoms with E-state index in [9.17, 15) is 28.5 Å². The van der Waals surface area contributed by atoms with Gasteiger partial charge < -0.3 is 34.3 Å². The number of esters is 1. The molecule has 0 aromatic carbocycles. The molecule has 1 aliphatic heterocycles. The second-order valence-corrected chi connectivity index (χ2v) is 16.7. The Morgan fingerprint density at radius 2 is 1.04 bits per heavy atom. The van der Waals surface area contributed by atoms with Crippen molar-refractivity contribution in [3.63, 3.8) is 0 Å². The van der Waals surface area contributed by atoms with Gasteiger partial charge in [-0.1, -0.05) is 181 Å². The summed E-state index contributed by atoms with van der Waals surface area (Å²) in [6.45, 7) is 4.00. The first-order valence-corrected chi connectivity index (χ1v) is 23.7. The van der Waals surface area contributed by atoms with E-state index in [0.717, 1.165) is 38.5 Å². The normalized spacial score (nSPS) is 20.9. The Balaban J connectivity index is 2.36. The van der Waals surface area contributed by atoms with Crippen molar-refractivity contribution in [2.24, 2.45) is 0 Å². The van der Waals surface area contributed by atoms with Crippen LogP contribution in [0.5, 0.6) is 0 Å². The second kappa shape index (κ2) is 35.1. The Bertz CT molecular complexity index is 984. The molecule has 0 saturated carbocycles. The van der Waals surface area contributed by atoms with Crippen LogP contribution in [0.25, 0.3) is 0 Å². The molecule has 4 N–H and O–H groups in total. The van der Waals surface area contributed by atoms with Crippen LogP contribution < -0.4 is 0 Å². The molecule has 1 saturated heterocycles. The van der Waals surface area contributed by atoms with Crippen LogP contribution in [0.2, 0.25) is 0 Å². The molecule has 1 aliphatic rings. The molecule has 0 aliphatic carbocycles. The van der Waals surface area contributed by atoms with Gasteiger partial charge in [-0.3, -0.25) is 9.35 Å². The summed E-state index contributed by atoms with van der Waals surface area (Å²) in [6.07, 6.45) is 25.8. The third-order valence-electron chi connectivity index (χ3n) is 10.5. The zero-order valence-corrected chi connectivity index (χ0v) is 35.6. The van der Waals surface area contributed by atoms with Crippen molar-refractivity contribution in [1.29, 1.82) is 0 Å². The summed E-state index contributed by atoms with van der Waals surface area (Å²) in [5, 5.41) is 30.6. The summed E-state index contributed by atoms with van der Waals surface area (Å²) < 4.78 is 58.9. The third kappa shape index (κ3) is 29.0. The van der Waals surface area contributed by atoms with E-state index in [1.807, 2.05) is 0 Å². The molecule has 55 heavy (non-hydrogen) atoms. The fraction of sp³-hybridized carbons (Fsp3) is 0.976. The van der Waals surface area contributed by atoms with E-state index >= 15 is 0 Å². The molecule has 0 aromatic heterocycles. The van der Waals surface area contributed by atoms with Crippen LogP contribution in [0.4, 0.5) is 0 Å². The lowest BCUT2D eigenvalue weighted by molar-refractivity contribution is -0.301. The van der Waals surface area contributed by atoms with Crippen LogP contribution in [0.1, 0.15) is 200 Å². The predicted octanol–water partition coefficient (Wildman–Crippen LogP) is 8.91. The fourth-order valence-corrected chi connectivity index (χ4v) is 7.59. The van der Waals surface area contributed by atoms with Crippen molar-refractivity contribution in [3.05, 3.63) is 0 Å². The summed E-state index contributed by atoms with van der Waals surface area (Å²) in [5.74, 6) is -0.395. The summed E-state index contributed by atoms with van der Waals surface area (Å²) >= 11 is 0. The first kappa shape index (κ1) is 52.1. The van der Waals surface area contributed by atoms with Crippen molar-refractivity contribution >= 4 is 16.4 Å². The fourth-order valence-electron chi connectivity index (χ4n) is 7.09. The number of hydrogen-bond donors (Lipinski definition) is 4. The van der Waals surface area contributed by atoms with E-state index in [2.05, 4.69) is 18.0 Å². The number of carbonyl (C=O) groups excluding carboxylic acids is 1. The molecule has 1 fully saturated rings. The molecular weight excluding hydrogens is 729 g/mol. The Morgan fingerprint density at radius 1 is 0.618 bits per heavy atom. The molecule has 13 heteroatoms. The standard InChI is InChI=1S/C42H82O12S/c1-3-5-7-9-11-13-14-15-16-17-18-19-20-21-22-23-25-27-29-31-38(44)52-36(34-50-32-30-28-26-24-12-10-8-6-4-2)35-51-42-40(46)41(54-55(47,48)49)39(45)37(33-43)53-42/h36-37,39-43,45-46H,3-35H2,1-2H3,(H,47,48,49). The van der Waals surface area contributed by atoms with E-state index in [-0.39, 0.29) is 19.6 Å². The van der Waals surface area contributed by atoms with Gasteiger partial charge in [-0.15, -0.1) is 0 Å². The van der Waals surface area contributed by atoms with Gasteiger partial charge in [0.15, 0.2) is 6.29 Å². The Morgan fingerprint density at radius 3 is 1.45 bits per heavy atom. The van der Waals surface area contributed by atoms with Crippen molar-refractivity contribution in [3.8, 4) is 0 Å². The summed E-state index contributed by atoms with van der Waals surface area (Å²) in [6, 6.07) is 0. The smallest absolute Gasteiger partial charge is 0.397 e. The van der Waals surface area contributed by atoms with Crippen molar-refractivity contribution in [1.82, 2.24) is 0 Å². The highest BCUT2D eigenvalue weighted by atomic mass is 32.3. The maximum atomic E-state index is 12.8. The highest BCUT2D eigenvalue weighted by Gasteiger charge is 2.48. The van der Waals surface area contributed by atoms with Gasteiger partial charge in [0.25, 0.3) is 0 Å². The van der Waals surface area contributed by atoms with Gasteiger partial charge in [-0.25, -0.2) is 4.18 Å². The van der Waals surface area contributed by atoms with Gasteiger partial charge in [0.2, 0.25) is 0 Å². The topological polar surface area (TPSA) is 178 Å². The lowest BCUT2D eigenvalue weighted by atomic mass is 9.99. The number of rotatable bonds is 39. The molecule has 0 radical (unpaired) electrons. The van der Waals surface area contributed by atoms with Crippen LogP contribution >= 0.6 is 0 Å². The average molecular weight is 811 g/mol. The van der Waals surface area contributed by atoms with Crippen molar-refractivity contribution in [2.45, 2.75) is 237 Å². The van der Waals surface area contributed by atoms with Gasteiger partial charge in [0.05, 0.1) is 19.8 Å². The summed E-state index contributed by atoms with van der Waals surface area (Å²) in [4.78, 5) is 12.8. The largest absolute Gasteiger partial charge is 0.457 e. The minimum absolute atomic E-state index is 0.0434. The van der Waals surface area contributed by atoms with Crippen LogP contribution in [0, 0.1) is 0 Å². The summed E-state index contributed by atoms with van der Waals surface area (Å²) in [5.41, 5.74) is 0. The van der Waals surface area contributed by atoms with Gasteiger partial charge >= 0.3 is 16.4 Å². The van der Waals surface area contributed by atoms with Crippen LogP contribution in [0.3, 0.4) is 0 Å². The predicted molar refractivity (Wildman–Crippen MR) is 216 cm³/mol. The number of hydrogen-bond acceptors (Lipinski definition) is 11. The minimum Gasteiger partial charge on any atom is -0.457 e. The van der Waals surface area contributed by atoms with E-state index in [1.54, 1.807) is 0 Å². The number of carbonyl (C=O) groups is 1. The molecule has 1 heterocycles. The first-order chi connectivity index (χ1) is 26.6. The Hall–Kier alpha value is -0.900. The first-order valence-electron chi connectivity index (χ1n) is 22.3. The SMILES string of the molecule is CCCCCCCCCCCCCCCCCCCCCC(=O)OC(COCCCCCCCCCCC)COC1OC(CO)C(O)C(OS(=O)(=O)O)C1O. The molecule has 6 atom stereocenters. The quantitative estimate of drug-likeness (QED) is 0.0264. The van der Waals surface area contributed by atoms with Crippen LogP contribution in [-0.2, 0) is 38.3 Å². The maximum absolute atomic E-state index is 12.8. The lowest BCUT2D eigenvalue weighted by Crippen LogP contribution is -2.60. The molecule has 0 amide bonds. The molecule has 12 nitrogen and oxygen atoms in total. The molecule has 6 unspecified atom stereocenters. The van der Waals surface area contributed by atoms with Crippen molar-refractivity contribution < 1.29 is 56.2 Å². The van der Waals surface area contributed by atoms with Gasteiger partial charge in [-0.05, 0) is 12.8 Å². The van der Waals surface area contributed by atoms with E-state index in [0.29, 0.717) is 13.0 Å². The molecule has 0 spiro atoms. The maximum Gasteiger partial charge on any atom is 0.397 e. The Labute approximate surface area is 335 Å². The van der Waals surface area contributed by atoms with E-state index in [4.69, 9.17) is 23.5 Å². The highest BCUT2D eigenvalue weighted by molar-refractivity contribution is 7.80. The number of aliphatic hydroxyl groups is 3. The highest BCUT2D eigenvalue weighted by Crippen LogP contribution is 2.26. The van der Waals surface area contributed by atoms with Crippen LogP contribution in [0.15, 0.2) is 0 Å². The zero-order valence-electron chi connectivity index (χ0n) is 34.8. The van der Waals surface area contributed by atoms with Gasteiger partial charge in [-0.2, -0.15) is 8.42 Å². The van der Waals surface area contributed by atoms with Crippen molar-refractivity contribution in [2.75, 3.05) is 26.4 Å². The zero-order chi connectivity index (χ0) is 40.4. The average Bonchev–Trinajstić information content (AvgIpc) is 3.15. The van der Waals surface area contributed by atoms with Gasteiger partial charge in [0.1, 0.15) is 30.5 Å². The summed E-state index contributed by atoms with van der Waals surface area (Å²) in [7, 11) is -5.05. The molecule has 328 valence electrons. The molecule has 0 bridgehead atoms. The molecular formula is C42H82O12S. The second-order valence-electron chi connectivity index (χ2n) is 15.7. The van der Waals surface area contributed by atoms with Gasteiger partial charge in [0, 0.05) is 13.0 Å². The Kier molecular flexibility index (Phi) is 33.2. The van der Waals surface area contributed by atoms with E-state index in [1.165, 1.54) is 135 Å². The number of unbranched alkanes of at least 4 members (excludes halogenated alkanes) is 26.